The van der Waals surface area contributed by atoms with E-state index in [1.54, 1.807) is 12.1 Å². The standard InChI is InChI=1S/C28H26N2O3/c1-28(2)15-23-25(24(32)16-28)26(17-8-11-20(31)12-9-17)30-21-13-10-19(14-22(21)29-23)27(33)18-6-4-3-5-7-18/h3-14,26,29-31H,15-16H2,1-2H3/t26-/m1/s1. The Bertz CT molecular complexity index is 1270. The highest BCUT2D eigenvalue weighted by atomic mass is 16.3. The quantitative estimate of drug-likeness (QED) is 0.448. The number of nitrogens with one attached hydrogen (secondary N) is 2. The van der Waals surface area contributed by atoms with Crippen LogP contribution in [0.5, 0.6) is 5.75 Å². The van der Waals surface area contributed by atoms with Gasteiger partial charge in [-0.2, -0.15) is 0 Å². The third kappa shape index (κ3) is 4.02. The van der Waals surface area contributed by atoms with Gasteiger partial charge in [-0.25, -0.2) is 0 Å². The number of anilines is 2. The molecule has 0 unspecified atom stereocenters. The molecule has 0 spiro atoms. The molecule has 0 fully saturated rings. The SMILES string of the molecule is CC1(C)CC(=O)C2=C(C1)Nc1cc(C(=O)c3ccccc3)ccc1N[C@@H]2c1ccc(O)cc1. The number of phenols is 1. The Morgan fingerprint density at radius 1 is 0.909 bits per heavy atom. The van der Waals surface area contributed by atoms with Gasteiger partial charge in [0.25, 0.3) is 0 Å². The molecule has 5 nitrogen and oxygen atoms in total. The Labute approximate surface area is 193 Å². The number of aromatic hydroxyl groups is 1. The zero-order chi connectivity index (χ0) is 23.2. The second kappa shape index (κ2) is 7.93. The maximum absolute atomic E-state index is 13.3. The molecule has 1 heterocycles. The highest BCUT2D eigenvalue weighted by molar-refractivity contribution is 6.10. The number of fused-ring (bicyclic) bond motifs is 1. The molecule has 3 aromatic rings. The first-order valence-corrected chi connectivity index (χ1v) is 11.1. The zero-order valence-corrected chi connectivity index (χ0v) is 18.7. The molecule has 0 radical (unpaired) electrons. The number of allylic oxidation sites excluding steroid dienone is 1. The summed E-state index contributed by atoms with van der Waals surface area (Å²) in [6.07, 6.45) is 1.19. The Balaban J connectivity index is 1.60. The van der Waals surface area contributed by atoms with Crippen molar-refractivity contribution in [1.29, 1.82) is 0 Å². The molecule has 0 saturated heterocycles. The maximum Gasteiger partial charge on any atom is 0.193 e. The molecule has 1 atom stereocenters. The fourth-order valence-corrected chi connectivity index (χ4v) is 4.76. The minimum atomic E-state index is -0.353. The van der Waals surface area contributed by atoms with Gasteiger partial charge in [0.15, 0.2) is 11.6 Å². The molecule has 3 aromatic carbocycles. The van der Waals surface area contributed by atoms with Gasteiger partial charge < -0.3 is 15.7 Å². The maximum atomic E-state index is 13.3. The van der Waals surface area contributed by atoms with Crippen molar-refractivity contribution in [1.82, 2.24) is 0 Å². The van der Waals surface area contributed by atoms with Crippen LogP contribution in [0.3, 0.4) is 0 Å². The van der Waals surface area contributed by atoms with E-state index in [1.807, 2.05) is 60.7 Å². The second-order valence-corrected chi connectivity index (χ2v) is 9.58. The largest absolute Gasteiger partial charge is 0.508 e. The molecule has 0 amide bonds. The molecule has 0 aromatic heterocycles. The van der Waals surface area contributed by atoms with Gasteiger partial charge in [0, 0.05) is 28.8 Å². The van der Waals surface area contributed by atoms with Crippen molar-refractivity contribution in [2.45, 2.75) is 32.7 Å². The minimum absolute atomic E-state index is 0.0474. The summed E-state index contributed by atoms with van der Waals surface area (Å²) in [5.74, 6) is 0.238. The highest BCUT2D eigenvalue weighted by Gasteiger charge is 2.38. The predicted molar refractivity (Wildman–Crippen MR) is 129 cm³/mol. The summed E-state index contributed by atoms with van der Waals surface area (Å²) in [7, 11) is 0. The summed E-state index contributed by atoms with van der Waals surface area (Å²) in [4.78, 5) is 26.4. The van der Waals surface area contributed by atoms with Crippen LogP contribution >= 0.6 is 0 Å². The lowest BCUT2D eigenvalue weighted by Gasteiger charge is -2.34. The molecule has 1 aliphatic heterocycles. The van der Waals surface area contributed by atoms with E-state index in [1.165, 1.54) is 0 Å². The monoisotopic (exact) mass is 438 g/mol. The number of carbonyl (C=O) groups excluding carboxylic acids is 2. The Morgan fingerprint density at radius 3 is 2.36 bits per heavy atom. The summed E-state index contributed by atoms with van der Waals surface area (Å²) in [6.45, 7) is 4.20. The number of ketones is 2. The van der Waals surface area contributed by atoms with Crippen LogP contribution in [0.2, 0.25) is 0 Å². The van der Waals surface area contributed by atoms with Crippen LogP contribution in [0, 0.1) is 5.41 Å². The smallest absolute Gasteiger partial charge is 0.193 e. The highest BCUT2D eigenvalue weighted by Crippen LogP contribution is 2.45. The molecule has 5 rings (SSSR count). The average Bonchev–Trinajstić information content (AvgIpc) is 2.95. The van der Waals surface area contributed by atoms with Gasteiger partial charge in [0.05, 0.1) is 17.4 Å². The lowest BCUT2D eigenvalue weighted by molar-refractivity contribution is -0.118. The first-order valence-electron chi connectivity index (χ1n) is 11.1. The van der Waals surface area contributed by atoms with E-state index in [0.29, 0.717) is 23.1 Å². The summed E-state index contributed by atoms with van der Waals surface area (Å²) >= 11 is 0. The van der Waals surface area contributed by atoms with Gasteiger partial charge in [-0.1, -0.05) is 56.3 Å². The van der Waals surface area contributed by atoms with Crippen molar-refractivity contribution >= 4 is 22.9 Å². The number of hydrogen-bond donors (Lipinski definition) is 3. The van der Waals surface area contributed by atoms with E-state index in [4.69, 9.17) is 0 Å². The third-order valence-electron chi connectivity index (χ3n) is 6.34. The van der Waals surface area contributed by atoms with Gasteiger partial charge in [-0.05, 0) is 47.7 Å². The fourth-order valence-electron chi connectivity index (χ4n) is 4.76. The van der Waals surface area contributed by atoms with Crippen molar-refractivity contribution in [3.05, 3.63) is 101 Å². The van der Waals surface area contributed by atoms with Gasteiger partial charge in [-0.15, -0.1) is 0 Å². The minimum Gasteiger partial charge on any atom is -0.508 e. The lowest BCUT2D eigenvalue weighted by Crippen LogP contribution is -2.31. The fraction of sp³-hybridized carbons (Fsp3) is 0.214. The van der Waals surface area contributed by atoms with Crippen molar-refractivity contribution in [2.24, 2.45) is 5.41 Å². The van der Waals surface area contributed by atoms with Crippen molar-refractivity contribution < 1.29 is 14.7 Å². The Hall–Kier alpha value is -3.86. The molecule has 166 valence electrons. The molecular formula is C28H26N2O3. The first kappa shape index (κ1) is 21.0. The summed E-state index contributed by atoms with van der Waals surface area (Å²) < 4.78 is 0. The molecule has 5 heteroatoms. The van der Waals surface area contributed by atoms with Crippen molar-refractivity contribution in [3.8, 4) is 5.75 Å². The number of carbonyl (C=O) groups is 2. The van der Waals surface area contributed by atoms with E-state index in [-0.39, 0.29) is 28.8 Å². The van der Waals surface area contributed by atoms with Crippen molar-refractivity contribution in [3.63, 3.8) is 0 Å². The molecule has 33 heavy (non-hydrogen) atoms. The Morgan fingerprint density at radius 2 is 1.64 bits per heavy atom. The van der Waals surface area contributed by atoms with Crippen LogP contribution in [0.15, 0.2) is 84.1 Å². The molecule has 2 aliphatic rings. The predicted octanol–water partition coefficient (Wildman–Crippen LogP) is 5.85. The normalized spacial score (nSPS) is 19.0. The summed E-state index contributed by atoms with van der Waals surface area (Å²) in [6, 6.07) is 21.4. The molecule has 3 N–H and O–H groups in total. The van der Waals surface area contributed by atoms with Gasteiger partial charge >= 0.3 is 0 Å². The van der Waals surface area contributed by atoms with Crippen molar-refractivity contribution in [2.75, 3.05) is 10.6 Å². The third-order valence-corrected chi connectivity index (χ3v) is 6.34. The van der Waals surface area contributed by atoms with E-state index in [0.717, 1.165) is 29.1 Å². The number of benzene rings is 3. The summed E-state index contributed by atoms with van der Waals surface area (Å²) in [5.41, 5.74) is 5.14. The topological polar surface area (TPSA) is 78.4 Å². The van der Waals surface area contributed by atoms with E-state index in [9.17, 15) is 14.7 Å². The number of Topliss-reactive ketones (excluding diaryl/α,β-unsaturated/α-hetero) is 1. The lowest BCUT2D eigenvalue weighted by atomic mass is 9.73. The van der Waals surface area contributed by atoms with Crippen LogP contribution in [-0.2, 0) is 4.79 Å². The molecule has 0 bridgehead atoms. The van der Waals surface area contributed by atoms with Crippen LogP contribution in [0.25, 0.3) is 0 Å². The number of phenolic OH excluding ortho intramolecular Hbond substituents is 1. The average molecular weight is 439 g/mol. The molecule has 1 aliphatic carbocycles. The van der Waals surface area contributed by atoms with E-state index < -0.39 is 0 Å². The van der Waals surface area contributed by atoms with Gasteiger partial charge in [0.1, 0.15) is 5.75 Å². The van der Waals surface area contributed by atoms with Gasteiger partial charge in [-0.3, -0.25) is 9.59 Å². The molecular weight excluding hydrogens is 412 g/mol. The number of rotatable bonds is 3. The summed E-state index contributed by atoms with van der Waals surface area (Å²) in [5, 5.41) is 16.8. The van der Waals surface area contributed by atoms with E-state index >= 15 is 0 Å². The van der Waals surface area contributed by atoms with Gasteiger partial charge in [0.2, 0.25) is 0 Å². The number of hydrogen-bond acceptors (Lipinski definition) is 5. The van der Waals surface area contributed by atoms with E-state index in [2.05, 4.69) is 24.5 Å². The first-order chi connectivity index (χ1) is 15.8. The van der Waals surface area contributed by atoms with Crippen LogP contribution in [0.1, 0.15) is 54.2 Å². The second-order valence-electron chi connectivity index (χ2n) is 9.58. The zero-order valence-electron chi connectivity index (χ0n) is 18.7. The molecule has 0 saturated carbocycles. The Kier molecular flexibility index (Phi) is 5.05. The van der Waals surface area contributed by atoms with Crippen LogP contribution in [0.4, 0.5) is 11.4 Å². The van der Waals surface area contributed by atoms with Crippen LogP contribution in [-0.4, -0.2) is 16.7 Å². The van der Waals surface area contributed by atoms with Crippen LogP contribution < -0.4 is 10.6 Å².